The first-order chi connectivity index (χ1) is 9.56. The number of amides is 1. The largest absolute Gasteiger partial charge is 0.496 e. The zero-order valence-corrected chi connectivity index (χ0v) is 11.6. The highest BCUT2D eigenvalue weighted by molar-refractivity contribution is 6.00. The molecule has 6 nitrogen and oxygen atoms in total. The average Bonchev–Trinajstić information content (AvgIpc) is 3.28. The van der Waals surface area contributed by atoms with Crippen LogP contribution in [0.3, 0.4) is 0 Å². The molecule has 1 saturated carbocycles. The summed E-state index contributed by atoms with van der Waals surface area (Å²) in [5.41, 5.74) is 7.05. The summed E-state index contributed by atoms with van der Waals surface area (Å²) in [7, 11) is 1.52. The van der Waals surface area contributed by atoms with Gasteiger partial charge in [-0.25, -0.2) is 0 Å². The monoisotopic (exact) mass is 277 g/mol. The summed E-state index contributed by atoms with van der Waals surface area (Å²) in [6, 6.07) is 4.94. The molecule has 1 aromatic carbocycles. The Kier molecular flexibility index (Phi) is 4.12. The smallest absolute Gasteiger partial charge is 0.255 e. The molecule has 0 heterocycles. The van der Waals surface area contributed by atoms with Gasteiger partial charge in [-0.2, -0.15) is 0 Å². The highest BCUT2D eigenvalue weighted by atomic mass is 16.5. The number of amidine groups is 1. The first kappa shape index (κ1) is 14.2. The van der Waals surface area contributed by atoms with Crippen molar-refractivity contribution in [2.75, 3.05) is 7.11 Å². The number of hydrogen-bond donors (Lipinski definition) is 3. The summed E-state index contributed by atoms with van der Waals surface area (Å²) < 4.78 is 5.19. The van der Waals surface area contributed by atoms with Crippen molar-refractivity contribution in [2.45, 2.75) is 25.8 Å². The number of hydrogen-bond acceptors (Lipinski definition) is 4. The summed E-state index contributed by atoms with van der Waals surface area (Å²) in [5.74, 6) is 0.495. The Morgan fingerprint density at radius 1 is 1.55 bits per heavy atom. The molecule has 6 heteroatoms. The molecule has 1 aromatic rings. The molecule has 0 aromatic heterocycles. The van der Waals surface area contributed by atoms with Gasteiger partial charge in [0, 0.05) is 0 Å². The van der Waals surface area contributed by atoms with E-state index < -0.39 is 6.04 Å². The molecule has 0 radical (unpaired) electrons. The Balaban J connectivity index is 2.20. The van der Waals surface area contributed by atoms with E-state index >= 15 is 0 Å². The predicted molar refractivity (Wildman–Crippen MR) is 75.1 cm³/mol. The van der Waals surface area contributed by atoms with E-state index in [-0.39, 0.29) is 17.7 Å². The third kappa shape index (κ3) is 3.01. The number of nitrogens with zero attached hydrogens (tertiary/aromatic N) is 1. The van der Waals surface area contributed by atoms with Crippen LogP contribution in [-0.2, 0) is 0 Å². The average molecular weight is 277 g/mol. The third-order valence-electron chi connectivity index (χ3n) is 3.41. The number of aryl methyl sites for hydroxylation is 1. The van der Waals surface area contributed by atoms with Gasteiger partial charge in [0.1, 0.15) is 5.75 Å². The maximum Gasteiger partial charge on any atom is 0.255 e. The summed E-state index contributed by atoms with van der Waals surface area (Å²) in [6.07, 6.45) is 1.93. The fourth-order valence-electron chi connectivity index (χ4n) is 2.14. The van der Waals surface area contributed by atoms with Gasteiger partial charge in [-0.3, -0.25) is 4.79 Å². The topological polar surface area (TPSA) is 96.9 Å². The van der Waals surface area contributed by atoms with Crippen molar-refractivity contribution in [1.82, 2.24) is 5.32 Å². The van der Waals surface area contributed by atoms with Crippen LogP contribution in [0, 0.1) is 12.8 Å². The van der Waals surface area contributed by atoms with Gasteiger partial charge in [0.15, 0.2) is 5.84 Å². The van der Waals surface area contributed by atoms with Crippen LogP contribution in [0.2, 0.25) is 0 Å². The number of benzene rings is 1. The molecule has 1 amide bonds. The third-order valence-corrected chi connectivity index (χ3v) is 3.41. The molecule has 0 saturated heterocycles. The van der Waals surface area contributed by atoms with Gasteiger partial charge < -0.3 is 21.0 Å². The first-order valence-corrected chi connectivity index (χ1v) is 6.49. The van der Waals surface area contributed by atoms with Gasteiger partial charge in [0.05, 0.1) is 18.7 Å². The highest BCUT2D eigenvalue weighted by Gasteiger charge is 2.35. The van der Waals surface area contributed by atoms with E-state index in [1.807, 2.05) is 13.0 Å². The van der Waals surface area contributed by atoms with Crippen LogP contribution in [0.4, 0.5) is 0 Å². The normalized spacial score (nSPS) is 16.6. The van der Waals surface area contributed by atoms with E-state index in [4.69, 9.17) is 15.7 Å². The molecule has 0 spiro atoms. The maximum absolute atomic E-state index is 12.4. The molecule has 4 N–H and O–H groups in total. The Bertz CT molecular complexity index is 538. The molecular formula is C14H19N3O3. The van der Waals surface area contributed by atoms with E-state index in [0.717, 1.165) is 18.4 Å². The Morgan fingerprint density at radius 2 is 2.25 bits per heavy atom. The Hall–Kier alpha value is -2.24. The lowest BCUT2D eigenvalue weighted by Gasteiger charge is -2.18. The van der Waals surface area contributed by atoms with Gasteiger partial charge in [0.2, 0.25) is 0 Å². The summed E-state index contributed by atoms with van der Waals surface area (Å²) in [4.78, 5) is 12.4. The molecule has 0 aliphatic heterocycles. The van der Waals surface area contributed by atoms with Gasteiger partial charge >= 0.3 is 0 Å². The molecule has 2 rings (SSSR count). The van der Waals surface area contributed by atoms with Crippen molar-refractivity contribution < 1.29 is 14.7 Å². The molecule has 1 aliphatic carbocycles. The van der Waals surface area contributed by atoms with Crippen molar-refractivity contribution in [3.05, 3.63) is 29.3 Å². The van der Waals surface area contributed by atoms with Gasteiger partial charge in [-0.05, 0) is 37.8 Å². The number of methoxy groups -OCH3 is 1. The zero-order chi connectivity index (χ0) is 14.7. The second-order valence-electron chi connectivity index (χ2n) is 5.02. The highest BCUT2D eigenvalue weighted by Crippen LogP contribution is 2.33. The predicted octanol–water partition coefficient (Wildman–Crippen LogP) is 1.26. The summed E-state index contributed by atoms with van der Waals surface area (Å²) in [6.45, 7) is 1.90. The van der Waals surface area contributed by atoms with Crippen LogP contribution in [0.15, 0.2) is 23.4 Å². The number of rotatable bonds is 5. The molecular weight excluding hydrogens is 258 g/mol. The molecule has 1 aliphatic rings. The second kappa shape index (κ2) is 5.81. The van der Waals surface area contributed by atoms with E-state index in [2.05, 4.69) is 10.5 Å². The SMILES string of the molecule is COc1ccc(C)cc1C(=O)NC(C(N)=NO)C1CC1. The molecule has 1 atom stereocenters. The van der Waals surface area contributed by atoms with Gasteiger partial charge in [-0.15, -0.1) is 0 Å². The quantitative estimate of drug-likeness (QED) is 0.326. The number of carbonyl (C=O) groups excluding carboxylic acids is 1. The van der Waals surface area contributed by atoms with Crippen molar-refractivity contribution >= 4 is 11.7 Å². The van der Waals surface area contributed by atoms with Crippen molar-refractivity contribution in [1.29, 1.82) is 0 Å². The van der Waals surface area contributed by atoms with E-state index in [9.17, 15) is 4.79 Å². The number of nitrogens with one attached hydrogen (secondary N) is 1. The first-order valence-electron chi connectivity index (χ1n) is 6.49. The lowest BCUT2D eigenvalue weighted by molar-refractivity contribution is 0.0939. The fraction of sp³-hybridized carbons (Fsp3) is 0.429. The lowest BCUT2D eigenvalue weighted by atomic mass is 10.1. The number of oxime groups is 1. The summed E-state index contributed by atoms with van der Waals surface area (Å²) >= 11 is 0. The fourth-order valence-corrected chi connectivity index (χ4v) is 2.14. The zero-order valence-electron chi connectivity index (χ0n) is 11.6. The standard InChI is InChI=1S/C14H19N3O3/c1-8-3-6-11(20-2)10(7-8)14(18)16-12(9-4-5-9)13(15)17-19/h3,6-7,9,12,19H,4-5H2,1-2H3,(H2,15,17)(H,16,18). The van der Waals surface area contributed by atoms with E-state index in [0.29, 0.717) is 11.3 Å². The van der Waals surface area contributed by atoms with Crippen LogP contribution in [0.25, 0.3) is 0 Å². The van der Waals surface area contributed by atoms with E-state index in [1.54, 1.807) is 12.1 Å². The molecule has 20 heavy (non-hydrogen) atoms. The number of carbonyl (C=O) groups is 1. The minimum Gasteiger partial charge on any atom is -0.496 e. The van der Waals surface area contributed by atoms with Crippen LogP contribution < -0.4 is 15.8 Å². The Morgan fingerprint density at radius 3 is 2.80 bits per heavy atom. The number of ether oxygens (including phenoxy) is 1. The van der Waals surface area contributed by atoms with Crippen LogP contribution in [0.1, 0.15) is 28.8 Å². The maximum atomic E-state index is 12.4. The minimum absolute atomic E-state index is 0.0347. The van der Waals surface area contributed by atoms with Crippen LogP contribution in [-0.4, -0.2) is 30.1 Å². The van der Waals surface area contributed by atoms with Crippen LogP contribution in [0.5, 0.6) is 5.75 Å². The van der Waals surface area contributed by atoms with Gasteiger partial charge in [-0.1, -0.05) is 16.8 Å². The van der Waals surface area contributed by atoms with Crippen molar-refractivity contribution in [3.8, 4) is 5.75 Å². The minimum atomic E-state index is -0.433. The Labute approximate surface area is 117 Å². The summed E-state index contributed by atoms with van der Waals surface area (Å²) in [5, 5.41) is 14.6. The molecule has 0 bridgehead atoms. The van der Waals surface area contributed by atoms with Crippen LogP contribution >= 0.6 is 0 Å². The van der Waals surface area contributed by atoms with Gasteiger partial charge in [0.25, 0.3) is 5.91 Å². The molecule has 1 fully saturated rings. The number of nitrogens with two attached hydrogens (primary N) is 1. The lowest BCUT2D eigenvalue weighted by Crippen LogP contribution is -2.46. The molecule has 1 unspecified atom stereocenters. The van der Waals surface area contributed by atoms with E-state index in [1.165, 1.54) is 7.11 Å². The van der Waals surface area contributed by atoms with Crippen molar-refractivity contribution in [3.63, 3.8) is 0 Å². The molecule has 108 valence electrons. The second-order valence-corrected chi connectivity index (χ2v) is 5.02. The van der Waals surface area contributed by atoms with Crippen molar-refractivity contribution in [2.24, 2.45) is 16.8 Å².